The zero-order chi connectivity index (χ0) is 25.5. The largest absolute Gasteiger partial charge is 0.469 e. The zero-order valence-electron chi connectivity index (χ0n) is 18.8. The quantitative estimate of drug-likeness (QED) is 0.0922. The van der Waals surface area contributed by atoms with Gasteiger partial charge < -0.3 is 29.4 Å². The van der Waals surface area contributed by atoms with E-state index in [0.29, 0.717) is 17.6 Å². The first kappa shape index (κ1) is 28.6. The Labute approximate surface area is 205 Å². The summed E-state index contributed by atoms with van der Waals surface area (Å²) in [6, 6.07) is 0. The number of thioether (sulfide) groups is 1. The van der Waals surface area contributed by atoms with Gasteiger partial charge >= 0.3 is 15.6 Å². The van der Waals surface area contributed by atoms with Crippen LogP contribution in [0.4, 0.5) is 0 Å². The molecule has 0 aromatic carbocycles. The molecule has 0 saturated carbocycles. The van der Waals surface area contributed by atoms with Gasteiger partial charge in [-0.05, 0) is 18.6 Å². The molecule has 1 aliphatic heterocycles. The summed E-state index contributed by atoms with van der Waals surface area (Å²) < 4.78 is 37.8. The van der Waals surface area contributed by atoms with Crippen LogP contribution in [0.3, 0.4) is 0 Å². The third-order valence-electron chi connectivity index (χ3n) is 5.28. The van der Waals surface area contributed by atoms with Crippen molar-refractivity contribution >= 4 is 38.6 Å². The fraction of sp³-hybridized carbons (Fsp3) is 0.722. The van der Waals surface area contributed by atoms with Gasteiger partial charge in [0.2, 0.25) is 0 Å². The van der Waals surface area contributed by atoms with Crippen molar-refractivity contribution < 1.29 is 47.6 Å². The number of aliphatic hydroxyl groups excluding tert-OH is 1. The molecule has 2 aromatic rings. The van der Waals surface area contributed by atoms with Gasteiger partial charge in [-0.25, -0.2) is 24.1 Å². The lowest BCUT2D eigenvalue weighted by atomic mass is 10.1. The minimum absolute atomic E-state index is 0.0587. The summed E-state index contributed by atoms with van der Waals surface area (Å²) in [5.74, 6) is 0.834. The summed E-state index contributed by atoms with van der Waals surface area (Å²) in [5, 5.41) is 10.9. The second kappa shape index (κ2) is 13.0. The molecule has 5 N–H and O–H groups in total. The number of imidazole rings is 1. The molecule has 0 bridgehead atoms. The Morgan fingerprint density at radius 1 is 1.00 bits per heavy atom. The van der Waals surface area contributed by atoms with Gasteiger partial charge in [-0.2, -0.15) is 0 Å². The normalized spacial score (nSPS) is 21.2. The fourth-order valence-electron chi connectivity index (χ4n) is 3.62. The highest BCUT2D eigenvalue weighted by molar-refractivity contribution is 7.99. The van der Waals surface area contributed by atoms with E-state index in [1.807, 2.05) is 0 Å². The maximum Gasteiger partial charge on any atom is 0.469 e. The topological polar surface area (TPSA) is 207 Å². The number of rotatable bonds is 15. The zero-order valence-corrected chi connectivity index (χ0v) is 21.4. The Hall–Kier alpha value is -0.960. The van der Waals surface area contributed by atoms with Crippen LogP contribution in [0.1, 0.15) is 51.2 Å². The molecule has 2 aromatic heterocycles. The van der Waals surface area contributed by atoms with Crippen molar-refractivity contribution in [2.75, 3.05) is 19.0 Å². The number of aliphatic hydroxyl groups is 1. The van der Waals surface area contributed by atoms with Crippen LogP contribution in [0, 0.1) is 0 Å². The Balaban J connectivity index is 1.43. The molecule has 3 atom stereocenters. The van der Waals surface area contributed by atoms with E-state index >= 15 is 0 Å². The van der Waals surface area contributed by atoms with Gasteiger partial charge in [0.05, 0.1) is 25.6 Å². The monoisotopic (exact) mass is 556 g/mol. The maximum atomic E-state index is 10.9. The minimum atomic E-state index is -4.67. The number of hydrogen-bond donors (Lipinski definition) is 5. The van der Waals surface area contributed by atoms with Crippen LogP contribution in [-0.2, 0) is 22.9 Å². The molecule has 3 heterocycles. The highest BCUT2D eigenvalue weighted by Gasteiger charge is 2.37. The Bertz CT molecular complexity index is 1050. The predicted molar refractivity (Wildman–Crippen MR) is 124 cm³/mol. The van der Waals surface area contributed by atoms with Crippen molar-refractivity contribution in [1.82, 2.24) is 19.5 Å². The Kier molecular flexibility index (Phi) is 10.6. The third-order valence-corrected chi connectivity index (χ3v) is 7.35. The summed E-state index contributed by atoms with van der Waals surface area (Å²) >= 11 is 1.56. The maximum absolute atomic E-state index is 10.9. The molecule has 35 heavy (non-hydrogen) atoms. The predicted octanol–water partition coefficient (Wildman–Crippen LogP) is 2.13. The molecule has 0 radical (unpaired) electrons. The first-order valence-electron chi connectivity index (χ1n) is 11.1. The van der Waals surface area contributed by atoms with Crippen molar-refractivity contribution in [2.24, 2.45) is 0 Å². The summed E-state index contributed by atoms with van der Waals surface area (Å²) in [6.45, 7) is -0.380. The third kappa shape index (κ3) is 9.45. The molecular formula is C18H30N4O10P2S. The molecule has 3 rings (SSSR count). The smallest absolute Gasteiger partial charge is 0.390 e. The fourth-order valence-corrected chi connectivity index (χ4v) is 5.27. The second-order valence-electron chi connectivity index (χ2n) is 8.02. The van der Waals surface area contributed by atoms with E-state index in [1.165, 1.54) is 6.33 Å². The van der Waals surface area contributed by atoms with E-state index < -0.39 is 40.7 Å². The number of unbranched alkanes of at least 4 members (excludes halogenated alkanes) is 5. The van der Waals surface area contributed by atoms with E-state index in [1.54, 1.807) is 22.7 Å². The lowest BCUT2D eigenvalue weighted by molar-refractivity contribution is -0.0424. The molecule has 0 spiro atoms. The van der Waals surface area contributed by atoms with Crippen molar-refractivity contribution in [2.45, 2.75) is 68.4 Å². The van der Waals surface area contributed by atoms with Gasteiger partial charge in [-0.15, -0.1) is 11.8 Å². The minimum Gasteiger partial charge on any atom is -0.390 e. The molecule has 198 valence electrons. The highest BCUT2D eigenvalue weighted by atomic mass is 32.2. The van der Waals surface area contributed by atoms with Crippen LogP contribution in [0.15, 0.2) is 17.7 Å². The van der Waals surface area contributed by atoms with Gasteiger partial charge in [-0.1, -0.05) is 25.7 Å². The van der Waals surface area contributed by atoms with Crippen LogP contribution >= 0.6 is 27.4 Å². The van der Waals surface area contributed by atoms with Gasteiger partial charge in [0, 0.05) is 6.42 Å². The van der Waals surface area contributed by atoms with E-state index in [9.17, 15) is 14.2 Å². The van der Waals surface area contributed by atoms with Crippen molar-refractivity contribution in [3.63, 3.8) is 0 Å². The van der Waals surface area contributed by atoms with Crippen LogP contribution in [-0.4, -0.2) is 75.4 Å². The molecular weight excluding hydrogens is 526 g/mol. The van der Waals surface area contributed by atoms with E-state index in [0.717, 1.165) is 42.9 Å². The summed E-state index contributed by atoms with van der Waals surface area (Å²) in [6.07, 6.45) is 6.13. The van der Waals surface area contributed by atoms with Crippen molar-refractivity contribution in [1.29, 1.82) is 0 Å². The summed E-state index contributed by atoms with van der Waals surface area (Å²) in [4.78, 5) is 48.0. The average molecular weight is 556 g/mol. The first-order valence-corrected chi connectivity index (χ1v) is 15.1. The number of nitrogens with zero attached hydrogens (tertiary/aromatic N) is 4. The standard InChI is InChI=1S/C18H30N4O10P2S/c23-13-9-15(32-14(13)10-31-34(27,28)29)22-12-21-16-17(22)19-11-20-18(16)35-8-6-4-2-1-3-5-7-30-33(24,25)26/h11-15,23H,1-10H2,(H2,24,25,26)(H2,27,28,29)/t13-,14+,15+/m0/s1. The molecule has 0 unspecified atom stereocenters. The number of aromatic nitrogens is 4. The Morgan fingerprint density at radius 2 is 1.69 bits per heavy atom. The first-order chi connectivity index (χ1) is 16.5. The highest BCUT2D eigenvalue weighted by Crippen LogP contribution is 2.39. The van der Waals surface area contributed by atoms with Gasteiger partial charge in [-0.3, -0.25) is 13.6 Å². The van der Waals surface area contributed by atoms with E-state index in [2.05, 4.69) is 24.0 Å². The molecule has 17 heteroatoms. The molecule has 0 amide bonds. The second-order valence-corrected chi connectivity index (χ2v) is 11.6. The van der Waals surface area contributed by atoms with Crippen LogP contribution in [0.25, 0.3) is 11.2 Å². The van der Waals surface area contributed by atoms with Crippen LogP contribution in [0.5, 0.6) is 0 Å². The molecule has 1 aliphatic rings. The summed E-state index contributed by atoms with van der Waals surface area (Å²) in [7, 11) is -9.04. The molecule has 0 aliphatic carbocycles. The van der Waals surface area contributed by atoms with Gasteiger partial charge in [0.15, 0.2) is 5.65 Å². The summed E-state index contributed by atoms with van der Waals surface area (Å²) in [5.41, 5.74) is 1.14. The van der Waals surface area contributed by atoms with Crippen molar-refractivity contribution in [3.05, 3.63) is 12.7 Å². The van der Waals surface area contributed by atoms with E-state index in [4.69, 9.17) is 24.3 Å². The van der Waals surface area contributed by atoms with Gasteiger partial charge in [0.25, 0.3) is 0 Å². The average Bonchev–Trinajstić information content (AvgIpc) is 3.36. The molecule has 1 saturated heterocycles. The lowest BCUT2D eigenvalue weighted by Gasteiger charge is -2.16. The van der Waals surface area contributed by atoms with E-state index in [-0.39, 0.29) is 13.0 Å². The number of hydrogen-bond acceptors (Lipinski definition) is 10. The number of phosphoric acid groups is 2. The van der Waals surface area contributed by atoms with Crippen LogP contribution < -0.4 is 0 Å². The Morgan fingerprint density at radius 3 is 2.40 bits per heavy atom. The van der Waals surface area contributed by atoms with Gasteiger partial charge in [0.1, 0.15) is 29.2 Å². The molecule has 14 nitrogen and oxygen atoms in total. The lowest BCUT2D eigenvalue weighted by Crippen LogP contribution is -2.25. The molecule has 1 fully saturated rings. The number of fused-ring (bicyclic) bond motifs is 1. The number of ether oxygens (including phenoxy) is 1. The van der Waals surface area contributed by atoms with Crippen LogP contribution in [0.2, 0.25) is 0 Å². The van der Waals surface area contributed by atoms with Crippen molar-refractivity contribution in [3.8, 4) is 0 Å². The number of phosphoric ester groups is 2. The SMILES string of the molecule is O=P(O)(O)OCCCCCCCCSc1ncnc2c1ncn2[C@H]1C[C@H](O)[C@@H](COP(=O)(O)O)O1.